The molecule has 2 aliphatic rings. The Kier molecular flexibility index (Phi) is 4.89. The van der Waals surface area contributed by atoms with E-state index in [2.05, 4.69) is 19.2 Å². The number of ether oxygens (including phenoxy) is 1. The van der Waals surface area contributed by atoms with E-state index in [0.29, 0.717) is 28.8 Å². The molecule has 0 spiro atoms. The van der Waals surface area contributed by atoms with Crippen LogP contribution in [0.3, 0.4) is 0 Å². The summed E-state index contributed by atoms with van der Waals surface area (Å²) in [6, 6.07) is 6.76. The second kappa shape index (κ2) is 6.87. The van der Waals surface area contributed by atoms with Crippen molar-refractivity contribution in [3.05, 3.63) is 52.4 Å². The summed E-state index contributed by atoms with van der Waals surface area (Å²) >= 11 is 0. The summed E-state index contributed by atoms with van der Waals surface area (Å²) in [6.45, 7) is 9.57. The molecular weight excluding hydrogens is 342 g/mol. The van der Waals surface area contributed by atoms with Gasteiger partial charge in [0.05, 0.1) is 11.7 Å². The summed E-state index contributed by atoms with van der Waals surface area (Å²) in [4.78, 5) is 26.0. The van der Waals surface area contributed by atoms with Crippen LogP contribution in [-0.2, 0) is 14.3 Å². The fourth-order valence-electron chi connectivity index (χ4n) is 4.02. The summed E-state index contributed by atoms with van der Waals surface area (Å²) < 4.78 is 5.46. The third kappa shape index (κ3) is 3.77. The van der Waals surface area contributed by atoms with Crippen LogP contribution in [0.1, 0.15) is 58.9 Å². The highest BCUT2D eigenvalue weighted by Crippen LogP contribution is 2.47. The lowest BCUT2D eigenvalue weighted by molar-refractivity contribution is -0.143. The Morgan fingerprint density at radius 3 is 2.63 bits per heavy atom. The number of allylic oxidation sites excluding steroid dienone is 3. The average Bonchev–Trinajstić information content (AvgIpc) is 2.51. The molecule has 0 saturated heterocycles. The molecule has 2 N–H and O–H groups in total. The Bertz CT molecular complexity index is 861. The number of ketones is 1. The molecule has 0 amide bonds. The van der Waals surface area contributed by atoms with Crippen molar-refractivity contribution >= 4 is 11.8 Å². The first-order chi connectivity index (χ1) is 12.6. The number of benzene rings is 1. The minimum atomic E-state index is -0.539. The largest absolute Gasteiger partial charge is 0.508 e. The van der Waals surface area contributed by atoms with Crippen LogP contribution in [0.15, 0.2) is 46.8 Å². The van der Waals surface area contributed by atoms with Crippen molar-refractivity contribution in [1.29, 1.82) is 0 Å². The predicted molar refractivity (Wildman–Crippen MR) is 103 cm³/mol. The number of hydrogen-bond donors (Lipinski definition) is 2. The van der Waals surface area contributed by atoms with Crippen LogP contribution in [0.4, 0.5) is 0 Å². The molecule has 0 saturated carbocycles. The van der Waals surface area contributed by atoms with Crippen molar-refractivity contribution < 1.29 is 19.4 Å². The molecule has 1 heterocycles. The van der Waals surface area contributed by atoms with Crippen LogP contribution in [0, 0.1) is 5.41 Å². The number of hydrogen-bond acceptors (Lipinski definition) is 5. The zero-order valence-corrected chi connectivity index (χ0v) is 16.6. The molecule has 0 radical (unpaired) electrons. The third-order valence-corrected chi connectivity index (χ3v) is 5.01. The molecule has 1 aliphatic heterocycles. The van der Waals surface area contributed by atoms with Gasteiger partial charge in [-0.05, 0) is 50.3 Å². The third-order valence-electron chi connectivity index (χ3n) is 5.01. The molecule has 5 nitrogen and oxygen atoms in total. The van der Waals surface area contributed by atoms with Gasteiger partial charge in [-0.2, -0.15) is 0 Å². The monoisotopic (exact) mass is 369 g/mol. The zero-order chi connectivity index (χ0) is 19.9. The molecule has 0 unspecified atom stereocenters. The standard InChI is InChI=1S/C22H27NO4/c1-12(2)27-21(26)18-13(3)23-16-10-22(4,5)11-17(25)20(16)19(18)14-7-6-8-15(24)9-14/h6-9,12,19,23-24H,10-11H2,1-5H3/t19-/m1/s1. The average molecular weight is 369 g/mol. The molecule has 27 heavy (non-hydrogen) atoms. The van der Waals surface area contributed by atoms with E-state index in [0.717, 1.165) is 12.1 Å². The van der Waals surface area contributed by atoms with E-state index in [1.165, 1.54) is 0 Å². The van der Waals surface area contributed by atoms with Crippen molar-refractivity contribution in [2.24, 2.45) is 5.41 Å². The van der Waals surface area contributed by atoms with Gasteiger partial charge in [-0.15, -0.1) is 0 Å². The molecule has 1 aliphatic carbocycles. The first-order valence-electron chi connectivity index (χ1n) is 9.33. The molecule has 0 fully saturated rings. The number of phenols is 1. The molecular formula is C22H27NO4. The Morgan fingerprint density at radius 2 is 2.00 bits per heavy atom. The molecule has 5 heteroatoms. The maximum absolute atomic E-state index is 13.1. The number of esters is 1. The van der Waals surface area contributed by atoms with Crippen LogP contribution in [0.25, 0.3) is 0 Å². The number of phenolic OH excluding ortho intramolecular Hbond substituents is 1. The first kappa shape index (κ1) is 19.2. The number of aromatic hydroxyl groups is 1. The highest BCUT2D eigenvalue weighted by molar-refractivity contribution is 6.04. The summed E-state index contributed by atoms with van der Waals surface area (Å²) in [5.41, 5.74) is 3.18. The molecule has 1 aromatic carbocycles. The summed E-state index contributed by atoms with van der Waals surface area (Å²) in [5.74, 6) is -0.842. The minimum absolute atomic E-state index is 0.0319. The van der Waals surface area contributed by atoms with Crippen molar-refractivity contribution in [1.82, 2.24) is 5.32 Å². The van der Waals surface area contributed by atoms with Crippen LogP contribution in [-0.4, -0.2) is 23.0 Å². The molecule has 3 rings (SSSR count). The second-order valence-electron chi connectivity index (χ2n) is 8.48. The van der Waals surface area contributed by atoms with Gasteiger partial charge in [0.25, 0.3) is 0 Å². The number of carbonyl (C=O) groups excluding carboxylic acids is 2. The SMILES string of the molecule is CC1=C(C(=O)OC(C)C)[C@@H](c2cccc(O)c2)C2=C(CC(C)(C)CC2=O)N1. The van der Waals surface area contributed by atoms with Gasteiger partial charge in [0.2, 0.25) is 0 Å². The lowest BCUT2D eigenvalue weighted by Gasteiger charge is -2.39. The van der Waals surface area contributed by atoms with Gasteiger partial charge in [0.1, 0.15) is 5.75 Å². The molecule has 0 aromatic heterocycles. The van der Waals surface area contributed by atoms with E-state index in [9.17, 15) is 14.7 Å². The van der Waals surface area contributed by atoms with Crippen molar-refractivity contribution in [2.45, 2.75) is 59.5 Å². The summed E-state index contributed by atoms with van der Waals surface area (Å²) in [6.07, 6.45) is 0.890. The summed E-state index contributed by atoms with van der Waals surface area (Å²) in [5, 5.41) is 13.3. The topological polar surface area (TPSA) is 75.6 Å². The van der Waals surface area contributed by atoms with Crippen LogP contribution < -0.4 is 5.32 Å². The van der Waals surface area contributed by atoms with Gasteiger partial charge in [0, 0.05) is 29.3 Å². The van der Waals surface area contributed by atoms with Gasteiger partial charge in [-0.25, -0.2) is 4.79 Å². The van der Waals surface area contributed by atoms with E-state index in [1.807, 2.05) is 13.0 Å². The Balaban J connectivity index is 2.17. The fourth-order valence-corrected chi connectivity index (χ4v) is 4.02. The molecule has 0 bridgehead atoms. The van der Waals surface area contributed by atoms with Gasteiger partial charge in [-0.1, -0.05) is 26.0 Å². The van der Waals surface area contributed by atoms with Crippen molar-refractivity contribution in [3.8, 4) is 5.75 Å². The van der Waals surface area contributed by atoms with Gasteiger partial charge >= 0.3 is 5.97 Å². The van der Waals surface area contributed by atoms with Crippen molar-refractivity contribution in [2.75, 3.05) is 0 Å². The minimum Gasteiger partial charge on any atom is -0.508 e. The number of nitrogens with one attached hydrogen (secondary N) is 1. The lowest BCUT2D eigenvalue weighted by Crippen LogP contribution is -2.39. The highest BCUT2D eigenvalue weighted by atomic mass is 16.5. The van der Waals surface area contributed by atoms with Gasteiger partial charge in [-0.3, -0.25) is 4.79 Å². The maximum Gasteiger partial charge on any atom is 0.337 e. The fraction of sp³-hybridized carbons (Fsp3) is 0.455. The maximum atomic E-state index is 13.1. The molecule has 1 aromatic rings. The predicted octanol–water partition coefficient (Wildman–Crippen LogP) is 3.95. The second-order valence-corrected chi connectivity index (χ2v) is 8.48. The Hall–Kier alpha value is -2.56. The number of Topliss-reactive ketones (excluding diaryl/α,β-unsaturated/α-hetero) is 1. The van der Waals surface area contributed by atoms with Crippen molar-refractivity contribution in [3.63, 3.8) is 0 Å². The van der Waals surface area contributed by atoms with E-state index in [-0.39, 0.29) is 23.1 Å². The molecule has 1 atom stereocenters. The van der Waals surface area contributed by atoms with Crippen LogP contribution in [0.5, 0.6) is 5.75 Å². The van der Waals surface area contributed by atoms with E-state index >= 15 is 0 Å². The van der Waals surface area contributed by atoms with Gasteiger partial charge < -0.3 is 15.2 Å². The Labute approximate surface area is 160 Å². The highest BCUT2D eigenvalue weighted by Gasteiger charge is 2.43. The van der Waals surface area contributed by atoms with E-state index in [1.54, 1.807) is 32.0 Å². The van der Waals surface area contributed by atoms with E-state index in [4.69, 9.17) is 4.74 Å². The quantitative estimate of drug-likeness (QED) is 0.789. The van der Waals surface area contributed by atoms with Crippen LogP contribution >= 0.6 is 0 Å². The number of carbonyl (C=O) groups is 2. The normalized spacial score (nSPS) is 21.9. The first-order valence-corrected chi connectivity index (χ1v) is 9.33. The van der Waals surface area contributed by atoms with E-state index < -0.39 is 11.9 Å². The summed E-state index contributed by atoms with van der Waals surface area (Å²) in [7, 11) is 0. The van der Waals surface area contributed by atoms with Crippen LogP contribution in [0.2, 0.25) is 0 Å². The smallest absolute Gasteiger partial charge is 0.337 e. The lowest BCUT2D eigenvalue weighted by atomic mass is 9.68. The number of dihydropyridines is 1. The van der Waals surface area contributed by atoms with Gasteiger partial charge in [0.15, 0.2) is 5.78 Å². The molecule has 144 valence electrons. The Morgan fingerprint density at radius 1 is 1.30 bits per heavy atom. The number of rotatable bonds is 3. The zero-order valence-electron chi connectivity index (χ0n) is 16.6.